The van der Waals surface area contributed by atoms with Crippen molar-refractivity contribution < 1.29 is 13.6 Å². The van der Waals surface area contributed by atoms with Crippen molar-refractivity contribution in [3.05, 3.63) is 80.5 Å². The van der Waals surface area contributed by atoms with Gasteiger partial charge in [-0.15, -0.1) is 10.2 Å². The highest BCUT2D eigenvalue weighted by Crippen LogP contribution is 2.28. The van der Waals surface area contributed by atoms with E-state index in [0.29, 0.717) is 22.4 Å². The maximum atomic E-state index is 12.0. The van der Waals surface area contributed by atoms with E-state index in [2.05, 4.69) is 10.2 Å². The Morgan fingerprint density at radius 3 is 2.60 bits per heavy atom. The number of hydrogen-bond donors (Lipinski definition) is 0. The van der Waals surface area contributed by atoms with Crippen molar-refractivity contribution in [1.29, 1.82) is 0 Å². The molecular formula is C23H22N2O4S. The molecule has 2 heterocycles. The monoisotopic (exact) mass is 422 g/mol. The lowest BCUT2D eigenvalue weighted by Crippen LogP contribution is -2.01. The predicted molar refractivity (Wildman–Crippen MR) is 116 cm³/mol. The summed E-state index contributed by atoms with van der Waals surface area (Å²) < 4.78 is 16.9. The van der Waals surface area contributed by atoms with Gasteiger partial charge in [-0.05, 0) is 61.6 Å². The van der Waals surface area contributed by atoms with Gasteiger partial charge in [-0.1, -0.05) is 36.0 Å². The average molecular weight is 423 g/mol. The van der Waals surface area contributed by atoms with E-state index < -0.39 is 0 Å². The minimum absolute atomic E-state index is 0.203. The smallest absolute Gasteiger partial charge is 0.336 e. The quantitative estimate of drug-likeness (QED) is 0.309. The Balaban J connectivity index is 1.47. The van der Waals surface area contributed by atoms with E-state index in [4.69, 9.17) is 13.6 Å². The molecule has 0 aliphatic rings. The van der Waals surface area contributed by atoms with E-state index >= 15 is 0 Å². The van der Waals surface area contributed by atoms with Crippen molar-refractivity contribution in [2.45, 2.75) is 45.3 Å². The van der Waals surface area contributed by atoms with E-state index in [1.54, 1.807) is 0 Å². The third kappa shape index (κ3) is 4.26. The van der Waals surface area contributed by atoms with Crippen LogP contribution in [0.25, 0.3) is 11.0 Å². The predicted octanol–water partition coefficient (Wildman–Crippen LogP) is 5.28. The molecule has 0 fully saturated rings. The summed E-state index contributed by atoms with van der Waals surface area (Å²) in [6.07, 6.45) is 0. The summed E-state index contributed by atoms with van der Waals surface area (Å²) in [4.78, 5) is 12.0. The highest BCUT2D eigenvalue weighted by molar-refractivity contribution is 7.98. The third-order valence-electron chi connectivity index (χ3n) is 5.01. The maximum Gasteiger partial charge on any atom is 0.336 e. The van der Waals surface area contributed by atoms with Crippen molar-refractivity contribution in [2.75, 3.05) is 0 Å². The highest BCUT2D eigenvalue weighted by atomic mass is 32.2. The standard InChI is InChI=1S/C23H22N2O4S/c1-13-5-6-15(3)19(9-13)27-11-20-24-25-23(28-20)30-12-17-10-21(26)29-22-16(4)14(2)7-8-18(17)22/h5-10H,11-12H2,1-4H3. The molecule has 0 aliphatic carbocycles. The number of fused-ring (bicyclic) bond motifs is 1. The fraction of sp³-hybridized carbons (Fsp3) is 0.261. The maximum absolute atomic E-state index is 12.0. The lowest BCUT2D eigenvalue weighted by Gasteiger charge is -2.08. The van der Waals surface area contributed by atoms with E-state index in [9.17, 15) is 4.79 Å². The van der Waals surface area contributed by atoms with Gasteiger partial charge in [-0.25, -0.2) is 4.79 Å². The van der Waals surface area contributed by atoms with Crippen LogP contribution in [-0.4, -0.2) is 10.2 Å². The van der Waals surface area contributed by atoms with Gasteiger partial charge >= 0.3 is 5.63 Å². The second-order valence-electron chi connectivity index (χ2n) is 7.28. The minimum atomic E-state index is -0.361. The van der Waals surface area contributed by atoms with Gasteiger partial charge in [0.2, 0.25) is 0 Å². The van der Waals surface area contributed by atoms with E-state index in [1.165, 1.54) is 17.8 Å². The average Bonchev–Trinajstić information content (AvgIpc) is 3.18. The lowest BCUT2D eigenvalue weighted by atomic mass is 10.0. The molecule has 0 atom stereocenters. The van der Waals surface area contributed by atoms with Crippen LogP contribution >= 0.6 is 11.8 Å². The van der Waals surface area contributed by atoms with E-state index in [0.717, 1.165) is 39.0 Å². The van der Waals surface area contributed by atoms with Gasteiger partial charge in [0.25, 0.3) is 11.1 Å². The number of nitrogens with zero attached hydrogens (tertiary/aromatic N) is 2. The molecule has 154 valence electrons. The van der Waals surface area contributed by atoms with Crippen molar-refractivity contribution >= 4 is 22.7 Å². The Kier molecular flexibility index (Phi) is 5.63. The zero-order valence-corrected chi connectivity index (χ0v) is 18.1. The summed E-state index contributed by atoms with van der Waals surface area (Å²) in [7, 11) is 0. The molecule has 0 spiro atoms. The van der Waals surface area contributed by atoms with Crippen molar-refractivity contribution in [3.63, 3.8) is 0 Å². The van der Waals surface area contributed by atoms with Gasteiger partial charge in [-0.3, -0.25) is 0 Å². The molecule has 0 saturated heterocycles. The van der Waals surface area contributed by atoms with Crippen LogP contribution in [0.5, 0.6) is 5.75 Å². The zero-order valence-electron chi connectivity index (χ0n) is 17.3. The van der Waals surface area contributed by atoms with E-state index in [1.807, 2.05) is 58.0 Å². The zero-order chi connectivity index (χ0) is 21.3. The molecule has 0 bridgehead atoms. The van der Waals surface area contributed by atoms with Gasteiger partial charge in [0, 0.05) is 17.2 Å². The van der Waals surface area contributed by atoms with Crippen LogP contribution in [0.2, 0.25) is 0 Å². The molecule has 0 unspecified atom stereocenters. The summed E-state index contributed by atoms with van der Waals surface area (Å²) in [5.41, 5.74) is 5.38. The molecular weight excluding hydrogens is 400 g/mol. The van der Waals surface area contributed by atoms with Crippen LogP contribution < -0.4 is 10.4 Å². The number of thioether (sulfide) groups is 1. The van der Waals surface area contributed by atoms with Crippen LogP contribution in [0.15, 0.2) is 55.2 Å². The summed E-state index contributed by atoms with van der Waals surface area (Å²) in [5.74, 6) is 1.72. The third-order valence-corrected chi connectivity index (χ3v) is 5.88. The molecule has 30 heavy (non-hydrogen) atoms. The molecule has 0 radical (unpaired) electrons. The summed E-state index contributed by atoms with van der Waals surface area (Å²) in [5, 5.41) is 9.49. The highest BCUT2D eigenvalue weighted by Gasteiger charge is 2.13. The van der Waals surface area contributed by atoms with Gasteiger partial charge in [0.15, 0.2) is 6.61 Å². The molecule has 0 N–H and O–H groups in total. The summed E-state index contributed by atoms with van der Waals surface area (Å²) in [6.45, 7) is 8.17. The van der Waals surface area contributed by atoms with Gasteiger partial charge in [-0.2, -0.15) is 0 Å². The lowest BCUT2D eigenvalue weighted by molar-refractivity contribution is 0.250. The molecule has 4 aromatic rings. The van der Waals surface area contributed by atoms with Gasteiger partial charge in [0.1, 0.15) is 11.3 Å². The Bertz CT molecular complexity index is 1280. The van der Waals surface area contributed by atoms with Crippen LogP contribution in [0.3, 0.4) is 0 Å². The normalized spacial score (nSPS) is 11.2. The van der Waals surface area contributed by atoms with Gasteiger partial charge < -0.3 is 13.6 Å². The fourth-order valence-corrected chi connectivity index (χ4v) is 3.91. The summed E-state index contributed by atoms with van der Waals surface area (Å²) >= 11 is 1.38. The Morgan fingerprint density at radius 1 is 0.967 bits per heavy atom. The molecule has 0 amide bonds. The van der Waals surface area contributed by atoms with Crippen LogP contribution in [0.1, 0.15) is 33.7 Å². The minimum Gasteiger partial charge on any atom is -0.484 e. The Labute approximate surface area is 178 Å². The number of aryl methyl sites for hydroxylation is 4. The molecule has 0 saturated carbocycles. The van der Waals surface area contributed by atoms with Crippen LogP contribution in [0.4, 0.5) is 0 Å². The summed E-state index contributed by atoms with van der Waals surface area (Å²) in [6, 6.07) is 11.6. The first-order valence-corrected chi connectivity index (χ1v) is 10.6. The second kappa shape index (κ2) is 8.36. The first kappa shape index (κ1) is 20.2. The van der Waals surface area contributed by atoms with Crippen LogP contribution in [0, 0.1) is 27.7 Å². The number of aromatic nitrogens is 2. The number of ether oxygens (including phenoxy) is 1. The SMILES string of the molecule is Cc1ccc(C)c(OCc2nnc(SCc3cc(=O)oc4c(C)c(C)ccc34)o2)c1. The fourth-order valence-electron chi connectivity index (χ4n) is 3.14. The molecule has 7 heteroatoms. The second-order valence-corrected chi connectivity index (χ2v) is 8.21. The number of rotatable bonds is 6. The molecule has 6 nitrogen and oxygen atoms in total. The van der Waals surface area contributed by atoms with Gasteiger partial charge in [0.05, 0.1) is 0 Å². The number of hydrogen-bond acceptors (Lipinski definition) is 7. The Hall–Kier alpha value is -3.06. The first-order valence-electron chi connectivity index (χ1n) is 9.59. The van der Waals surface area contributed by atoms with Crippen molar-refractivity contribution in [1.82, 2.24) is 10.2 Å². The van der Waals surface area contributed by atoms with Crippen molar-refractivity contribution in [2.24, 2.45) is 0 Å². The number of benzene rings is 2. The molecule has 4 rings (SSSR count). The molecule has 2 aromatic carbocycles. The first-order chi connectivity index (χ1) is 14.4. The van der Waals surface area contributed by atoms with Crippen LogP contribution in [-0.2, 0) is 12.4 Å². The molecule has 2 aromatic heterocycles. The molecule has 0 aliphatic heterocycles. The van der Waals surface area contributed by atoms with Crippen molar-refractivity contribution in [3.8, 4) is 5.75 Å². The topological polar surface area (TPSA) is 78.4 Å². The van der Waals surface area contributed by atoms with E-state index in [-0.39, 0.29) is 12.2 Å². The Morgan fingerprint density at radius 2 is 1.77 bits per heavy atom. The largest absolute Gasteiger partial charge is 0.484 e.